The molecule has 7 heteroatoms. The predicted octanol–water partition coefficient (Wildman–Crippen LogP) is 5.05. The lowest BCUT2D eigenvalue weighted by Gasteiger charge is -2.08. The topological polar surface area (TPSA) is 31.4 Å². The van der Waals surface area contributed by atoms with Crippen molar-refractivity contribution in [3.05, 3.63) is 34.0 Å². The molecule has 0 N–H and O–H groups in total. The van der Waals surface area contributed by atoms with Crippen molar-refractivity contribution in [1.29, 1.82) is 0 Å². The SMILES string of the molecule is Cc1cc(OCC2CC2)nc(Oc2csc(C(F)(F)F)c2)c1. The van der Waals surface area contributed by atoms with E-state index in [9.17, 15) is 13.2 Å². The number of hydrogen-bond donors (Lipinski definition) is 0. The van der Waals surface area contributed by atoms with Gasteiger partial charge in [-0.25, -0.2) is 0 Å². The summed E-state index contributed by atoms with van der Waals surface area (Å²) in [6.07, 6.45) is -2.01. The Kier molecular flexibility index (Phi) is 3.99. The van der Waals surface area contributed by atoms with Crippen molar-refractivity contribution in [3.63, 3.8) is 0 Å². The molecule has 1 saturated carbocycles. The second-order valence-corrected chi connectivity index (χ2v) is 6.23. The van der Waals surface area contributed by atoms with E-state index in [1.54, 1.807) is 12.1 Å². The number of nitrogens with zero attached hydrogens (tertiary/aromatic N) is 1. The van der Waals surface area contributed by atoms with Gasteiger partial charge < -0.3 is 9.47 Å². The summed E-state index contributed by atoms with van der Waals surface area (Å²) >= 11 is 0.598. The van der Waals surface area contributed by atoms with Gasteiger partial charge in [-0.15, -0.1) is 11.3 Å². The number of pyridine rings is 1. The smallest absolute Gasteiger partial charge is 0.425 e. The fourth-order valence-corrected chi connectivity index (χ4v) is 2.54. The minimum absolute atomic E-state index is 0.128. The maximum absolute atomic E-state index is 12.6. The van der Waals surface area contributed by atoms with Crippen molar-refractivity contribution >= 4 is 11.3 Å². The first kappa shape index (κ1) is 15.1. The van der Waals surface area contributed by atoms with Crippen LogP contribution in [0.25, 0.3) is 0 Å². The molecule has 1 aliphatic carbocycles. The van der Waals surface area contributed by atoms with Crippen LogP contribution in [0, 0.1) is 12.8 Å². The minimum atomic E-state index is -4.36. The van der Waals surface area contributed by atoms with Gasteiger partial charge in [0.25, 0.3) is 0 Å². The molecular formula is C15H14F3NO2S. The number of ether oxygens (including phenoxy) is 2. The van der Waals surface area contributed by atoms with E-state index in [1.165, 1.54) is 18.2 Å². The van der Waals surface area contributed by atoms with Gasteiger partial charge in [-0.2, -0.15) is 18.2 Å². The zero-order valence-corrected chi connectivity index (χ0v) is 12.6. The molecule has 2 aromatic heterocycles. The third-order valence-electron chi connectivity index (χ3n) is 3.16. The van der Waals surface area contributed by atoms with Crippen LogP contribution < -0.4 is 9.47 Å². The van der Waals surface area contributed by atoms with Crippen LogP contribution in [-0.2, 0) is 6.18 Å². The van der Waals surface area contributed by atoms with Gasteiger partial charge in [-0.1, -0.05) is 0 Å². The van der Waals surface area contributed by atoms with Crippen molar-refractivity contribution in [2.45, 2.75) is 25.9 Å². The van der Waals surface area contributed by atoms with E-state index in [0.717, 1.165) is 11.6 Å². The van der Waals surface area contributed by atoms with Crippen molar-refractivity contribution < 1.29 is 22.6 Å². The van der Waals surface area contributed by atoms with E-state index >= 15 is 0 Å². The first-order chi connectivity index (χ1) is 10.4. The van der Waals surface area contributed by atoms with Gasteiger partial charge in [0.1, 0.15) is 10.6 Å². The van der Waals surface area contributed by atoms with Gasteiger partial charge in [0.15, 0.2) is 0 Å². The zero-order valence-electron chi connectivity index (χ0n) is 11.8. The number of aryl methyl sites for hydroxylation is 1. The normalized spacial score (nSPS) is 14.9. The second kappa shape index (κ2) is 5.79. The van der Waals surface area contributed by atoms with Crippen LogP contribution in [0.4, 0.5) is 13.2 Å². The lowest BCUT2D eigenvalue weighted by Crippen LogP contribution is -2.02. The average Bonchev–Trinajstić information content (AvgIpc) is 3.12. The molecule has 0 spiro atoms. The van der Waals surface area contributed by atoms with Crippen molar-refractivity contribution in [2.75, 3.05) is 6.61 Å². The molecule has 0 amide bonds. The standard InChI is InChI=1S/C15H14F3NO2S/c1-9-4-13(20-7-10-2-3-10)19-14(5-9)21-11-6-12(22-8-11)15(16,17)18/h4-6,8,10H,2-3,7H2,1H3. The van der Waals surface area contributed by atoms with Crippen LogP contribution in [0.2, 0.25) is 0 Å². The van der Waals surface area contributed by atoms with Crippen LogP contribution in [0.15, 0.2) is 23.6 Å². The Morgan fingerprint density at radius 2 is 1.95 bits per heavy atom. The number of rotatable bonds is 5. The Bertz CT molecular complexity index is 665. The molecule has 22 heavy (non-hydrogen) atoms. The van der Waals surface area contributed by atoms with Crippen LogP contribution in [-0.4, -0.2) is 11.6 Å². The maximum Gasteiger partial charge on any atom is 0.425 e. The minimum Gasteiger partial charge on any atom is -0.477 e. The fraction of sp³-hybridized carbons (Fsp3) is 0.400. The quantitative estimate of drug-likeness (QED) is 0.769. The highest BCUT2D eigenvalue weighted by molar-refractivity contribution is 7.10. The molecule has 0 aromatic carbocycles. The fourth-order valence-electron chi connectivity index (χ4n) is 1.86. The second-order valence-electron chi connectivity index (χ2n) is 5.32. The van der Waals surface area contributed by atoms with Gasteiger partial charge >= 0.3 is 6.18 Å². The van der Waals surface area contributed by atoms with E-state index in [4.69, 9.17) is 9.47 Å². The van der Waals surface area contributed by atoms with E-state index in [1.807, 2.05) is 6.92 Å². The molecule has 0 atom stereocenters. The Hall–Kier alpha value is -1.76. The average molecular weight is 329 g/mol. The summed E-state index contributed by atoms with van der Waals surface area (Å²) in [6.45, 7) is 2.47. The lowest BCUT2D eigenvalue weighted by molar-refractivity contribution is -0.134. The molecule has 0 saturated heterocycles. The molecule has 1 fully saturated rings. The summed E-state index contributed by atoms with van der Waals surface area (Å²) < 4.78 is 48.7. The number of aromatic nitrogens is 1. The van der Waals surface area contributed by atoms with Crippen LogP contribution in [0.5, 0.6) is 17.5 Å². The van der Waals surface area contributed by atoms with E-state index in [2.05, 4.69) is 4.98 Å². The number of alkyl halides is 3. The molecule has 118 valence electrons. The lowest BCUT2D eigenvalue weighted by atomic mass is 10.3. The van der Waals surface area contributed by atoms with Crippen LogP contribution in [0.1, 0.15) is 23.3 Å². The number of thiophene rings is 1. The molecule has 1 aliphatic rings. The monoisotopic (exact) mass is 329 g/mol. The van der Waals surface area contributed by atoms with Crippen molar-refractivity contribution in [3.8, 4) is 17.5 Å². The van der Waals surface area contributed by atoms with Crippen LogP contribution in [0.3, 0.4) is 0 Å². The Balaban J connectivity index is 1.72. The van der Waals surface area contributed by atoms with E-state index < -0.39 is 11.1 Å². The Morgan fingerprint density at radius 1 is 1.23 bits per heavy atom. The summed E-state index contributed by atoms with van der Waals surface area (Å²) in [6, 6.07) is 4.42. The van der Waals surface area contributed by atoms with Gasteiger partial charge in [0.2, 0.25) is 11.8 Å². The molecule has 2 aromatic rings. The molecular weight excluding hydrogens is 315 g/mol. The number of halogens is 3. The number of hydrogen-bond acceptors (Lipinski definition) is 4. The predicted molar refractivity (Wildman–Crippen MR) is 76.6 cm³/mol. The Morgan fingerprint density at radius 3 is 2.59 bits per heavy atom. The summed E-state index contributed by atoms with van der Waals surface area (Å²) in [4.78, 5) is 3.48. The highest BCUT2D eigenvalue weighted by Crippen LogP contribution is 2.38. The highest BCUT2D eigenvalue weighted by atomic mass is 32.1. The van der Waals surface area contributed by atoms with E-state index in [-0.39, 0.29) is 11.6 Å². The summed E-state index contributed by atoms with van der Waals surface area (Å²) in [5.74, 6) is 1.40. The molecule has 0 bridgehead atoms. The third-order valence-corrected chi connectivity index (χ3v) is 4.12. The molecule has 3 nitrogen and oxygen atoms in total. The molecule has 0 aliphatic heterocycles. The van der Waals surface area contributed by atoms with Crippen LogP contribution >= 0.6 is 11.3 Å². The van der Waals surface area contributed by atoms with Gasteiger partial charge in [0, 0.05) is 23.6 Å². The highest BCUT2D eigenvalue weighted by Gasteiger charge is 2.32. The summed E-state index contributed by atoms with van der Waals surface area (Å²) in [5.41, 5.74) is 0.877. The molecule has 3 rings (SSSR count). The third kappa shape index (κ3) is 3.91. The maximum atomic E-state index is 12.6. The van der Waals surface area contributed by atoms with Gasteiger partial charge in [0.05, 0.1) is 6.61 Å². The summed E-state index contributed by atoms with van der Waals surface area (Å²) in [7, 11) is 0. The zero-order chi connectivity index (χ0) is 15.7. The molecule has 0 radical (unpaired) electrons. The first-order valence-electron chi connectivity index (χ1n) is 6.85. The first-order valence-corrected chi connectivity index (χ1v) is 7.73. The van der Waals surface area contributed by atoms with Gasteiger partial charge in [-0.3, -0.25) is 0 Å². The van der Waals surface area contributed by atoms with E-state index in [0.29, 0.717) is 29.7 Å². The largest absolute Gasteiger partial charge is 0.477 e. The molecule has 2 heterocycles. The van der Waals surface area contributed by atoms with Crippen molar-refractivity contribution in [1.82, 2.24) is 4.98 Å². The van der Waals surface area contributed by atoms with Gasteiger partial charge in [-0.05, 0) is 31.2 Å². The molecule has 0 unspecified atom stereocenters. The summed E-state index contributed by atoms with van der Waals surface area (Å²) in [5, 5.41) is 1.32. The van der Waals surface area contributed by atoms with Crippen molar-refractivity contribution in [2.24, 2.45) is 5.92 Å². The Labute approximate surface area is 129 Å².